The van der Waals surface area contributed by atoms with E-state index in [4.69, 9.17) is 11.6 Å². The second-order valence-electron chi connectivity index (χ2n) is 7.37. The third-order valence-corrected chi connectivity index (χ3v) is 6.14. The number of nitriles is 1. The van der Waals surface area contributed by atoms with Crippen molar-refractivity contribution in [2.24, 2.45) is 0 Å². The van der Waals surface area contributed by atoms with Gasteiger partial charge in [-0.3, -0.25) is 10.1 Å². The smallest absolute Gasteiger partial charge is 0.123 e. The minimum atomic E-state index is -0.425. The first kappa shape index (κ1) is 21.8. The monoisotopic (exact) mass is 490 g/mol. The van der Waals surface area contributed by atoms with Gasteiger partial charge >= 0.3 is 0 Å². The van der Waals surface area contributed by atoms with Crippen LogP contribution in [-0.4, -0.2) is 25.4 Å². The molecule has 5 aromatic rings. The molecule has 11 heteroatoms. The molecule has 0 aliphatic rings. The summed E-state index contributed by atoms with van der Waals surface area (Å²) in [6, 6.07) is 11.5. The number of halogens is 2. The molecular formula is C23H16ClFN8S. The van der Waals surface area contributed by atoms with Crippen LogP contribution in [0.15, 0.2) is 59.7 Å². The molecule has 0 saturated heterocycles. The predicted octanol–water partition coefficient (Wildman–Crippen LogP) is 5.29. The Morgan fingerprint density at radius 2 is 2.06 bits per heavy atom. The maximum atomic E-state index is 13.5. The summed E-state index contributed by atoms with van der Waals surface area (Å²) in [5, 5.41) is 30.1. The van der Waals surface area contributed by atoms with E-state index in [-0.39, 0.29) is 5.82 Å². The number of aromatic amines is 1. The lowest BCUT2D eigenvalue weighted by atomic mass is 10.0. The van der Waals surface area contributed by atoms with Gasteiger partial charge in [0.15, 0.2) is 0 Å². The molecule has 0 bridgehead atoms. The van der Waals surface area contributed by atoms with E-state index in [1.165, 1.54) is 29.7 Å². The van der Waals surface area contributed by atoms with Gasteiger partial charge in [-0.15, -0.1) is 16.4 Å². The lowest BCUT2D eigenvalue weighted by Crippen LogP contribution is -2.13. The molecule has 1 atom stereocenters. The Balaban J connectivity index is 1.57. The lowest BCUT2D eigenvalue weighted by Gasteiger charge is -2.20. The largest absolute Gasteiger partial charge is 0.378 e. The average Bonchev–Trinajstić information content (AvgIpc) is 3.56. The number of hydrogen-bond donors (Lipinski definition) is 3. The topological polar surface area (TPSA) is 115 Å². The quantitative estimate of drug-likeness (QED) is 0.284. The average molecular weight is 491 g/mol. The van der Waals surface area contributed by atoms with E-state index in [0.717, 1.165) is 11.3 Å². The van der Waals surface area contributed by atoms with E-state index in [9.17, 15) is 9.65 Å². The van der Waals surface area contributed by atoms with Gasteiger partial charge in [0.05, 0.1) is 45.6 Å². The van der Waals surface area contributed by atoms with Crippen molar-refractivity contribution in [3.63, 3.8) is 0 Å². The van der Waals surface area contributed by atoms with Crippen LogP contribution in [0.1, 0.15) is 28.6 Å². The van der Waals surface area contributed by atoms with Gasteiger partial charge < -0.3 is 10.6 Å². The SMILES string of the molecule is N#Cc1cnc2c(Cl)cc(NC(c3ccc(F)cc3)c3c[nH]nn3)cc2c1NCc1cscn1. The maximum Gasteiger partial charge on any atom is 0.123 e. The van der Waals surface area contributed by atoms with Crippen molar-refractivity contribution >= 4 is 45.2 Å². The van der Waals surface area contributed by atoms with Gasteiger partial charge in [0.1, 0.15) is 17.6 Å². The molecule has 3 N–H and O–H groups in total. The van der Waals surface area contributed by atoms with Crippen LogP contribution < -0.4 is 10.6 Å². The summed E-state index contributed by atoms with van der Waals surface area (Å²) >= 11 is 8.10. The molecule has 1 unspecified atom stereocenters. The molecule has 0 saturated carbocycles. The predicted molar refractivity (Wildman–Crippen MR) is 129 cm³/mol. The number of anilines is 2. The zero-order valence-electron chi connectivity index (χ0n) is 17.5. The summed E-state index contributed by atoms with van der Waals surface area (Å²) in [5.41, 5.74) is 6.27. The number of nitrogens with zero attached hydrogens (tertiary/aromatic N) is 5. The lowest BCUT2D eigenvalue weighted by molar-refractivity contribution is 0.626. The van der Waals surface area contributed by atoms with Crippen LogP contribution >= 0.6 is 22.9 Å². The van der Waals surface area contributed by atoms with Crippen LogP contribution in [0.4, 0.5) is 15.8 Å². The van der Waals surface area contributed by atoms with Gasteiger partial charge in [-0.2, -0.15) is 5.26 Å². The molecule has 0 aliphatic heterocycles. The maximum absolute atomic E-state index is 13.5. The molecule has 3 aromatic heterocycles. The number of fused-ring (bicyclic) bond motifs is 1. The zero-order chi connectivity index (χ0) is 23.5. The van der Waals surface area contributed by atoms with Crippen LogP contribution in [0.5, 0.6) is 0 Å². The fourth-order valence-electron chi connectivity index (χ4n) is 3.62. The summed E-state index contributed by atoms with van der Waals surface area (Å²) in [7, 11) is 0. The van der Waals surface area contributed by atoms with E-state index in [0.29, 0.717) is 45.1 Å². The second kappa shape index (κ2) is 9.43. The second-order valence-corrected chi connectivity index (χ2v) is 8.50. The van der Waals surface area contributed by atoms with Crippen molar-refractivity contribution in [3.8, 4) is 6.07 Å². The molecule has 0 radical (unpaired) electrons. The number of thiazole rings is 1. The van der Waals surface area contributed by atoms with Crippen LogP contribution in [0, 0.1) is 17.1 Å². The van der Waals surface area contributed by atoms with Gasteiger partial charge in [-0.05, 0) is 29.8 Å². The van der Waals surface area contributed by atoms with Crippen molar-refractivity contribution in [1.29, 1.82) is 5.26 Å². The third-order valence-electron chi connectivity index (χ3n) is 5.22. The number of nitrogens with one attached hydrogen (secondary N) is 3. The van der Waals surface area contributed by atoms with E-state index >= 15 is 0 Å². The number of benzene rings is 2. The fourth-order valence-corrected chi connectivity index (χ4v) is 4.45. The molecule has 0 spiro atoms. The van der Waals surface area contributed by atoms with Crippen molar-refractivity contribution < 1.29 is 4.39 Å². The summed E-state index contributed by atoms with van der Waals surface area (Å²) in [4.78, 5) is 8.68. The Hall–Kier alpha value is -4.07. The Kier molecular flexibility index (Phi) is 6.03. The van der Waals surface area contributed by atoms with Crippen LogP contribution in [0.2, 0.25) is 5.02 Å². The number of rotatable bonds is 7. The molecule has 168 valence electrons. The van der Waals surface area contributed by atoms with Crippen molar-refractivity contribution in [3.05, 3.63) is 93.0 Å². The molecule has 3 heterocycles. The Labute approximate surface area is 202 Å². The molecule has 0 amide bonds. The fraction of sp³-hybridized carbons (Fsp3) is 0.0870. The summed E-state index contributed by atoms with van der Waals surface area (Å²) in [5.74, 6) is -0.331. The highest BCUT2D eigenvalue weighted by atomic mass is 35.5. The minimum absolute atomic E-state index is 0.331. The number of pyridine rings is 1. The van der Waals surface area contributed by atoms with Crippen molar-refractivity contribution in [2.45, 2.75) is 12.6 Å². The highest BCUT2D eigenvalue weighted by molar-refractivity contribution is 7.07. The van der Waals surface area contributed by atoms with Gasteiger partial charge in [0.25, 0.3) is 0 Å². The summed E-state index contributed by atoms with van der Waals surface area (Å²) in [6.07, 6.45) is 3.17. The summed E-state index contributed by atoms with van der Waals surface area (Å²) in [6.45, 7) is 0.448. The van der Waals surface area contributed by atoms with E-state index in [1.54, 1.807) is 29.9 Å². The molecule has 0 aliphatic carbocycles. The number of aromatic nitrogens is 5. The van der Waals surface area contributed by atoms with E-state index < -0.39 is 6.04 Å². The normalized spacial score (nSPS) is 11.8. The van der Waals surface area contributed by atoms with Crippen LogP contribution in [0.3, 0.4) is 0 Å². The minimum Gasteiger partial charge on any atom is -0.378 e. The van der Waals surface area contributed by atoms with E-state index in [2.05, 4.69) is 42.1 Å². The number of H-pyrrole nitrogens is 1. The standard InChI is InChI=1S/C23H16ClFN8S/c24-19-6-16(31-22(20-10-30-33-32-20)13-1-3-15(25)4-2-13)5-18-21(14(7-26)8-27-23(18)19)28-9-17-11-34-12-29-17/h1-6,8,10-12,22,31H,9H2,(H,27,28)(H,30,32,33). The molecule has 5 rings (SSSR count). The van der Waals surface area contributed by atoms with Crippen molar-refractivity contribution in [2.75, 3.05) is 10.6 Å². The van der Waals surface area contributed by atoms with Gasteiger partial charge in [-0.25, -0.2) is 9.37 Å². The molecule has 8 nitrogen and oxygen atoms in total. The zero-order valence-corrected chi connectivity index (χ0v) is 19.0. The third kappa shape index (κ3) is 4.39. The molecule has 2 aromatic carbocycles. The molecular weight excluding hydrogens is 475 g/mol. The first-order valence-corrected chi connectivity index (χ1v) is 11.5. The Morgan fingerprint density at radius 1 is 1.21 bits per heavy atom. The molecule has 34 heavy (non-hydrogen) atoms. The van der Waals surface area contributed by atoms with Crippen molar-refractivity contribution in [1.82, 2.24) is 25.4 Å². The van der Waals surface area contributed by atoms with Crippen LogP contribution in [0.25, 0.3) is 10.9 Å². The Bertz CT molecular complexity index is 1460. The highest BCUT2D eigenvalue weighted by Gasteiger charge is 2.19. The van der Waals surface area contributed by atoms with Gasteiger partial charge in [-0.1, -0.05) is 28.9 Å². The Morgan fingerprint density at radius 3 is 2.76 bits per heavy atom. The van der Waals surface area contributed by atoms with Gasteiger partial charge in [0, 0.05) is 28.8 Å². The first-order valence-electron chi connectivity index (χ1n) is 10.1. The van der Waals surface area contributed by atoms with Crippen LogP contribution in [-0.2, 0) is 6.54 Å². The molecule has 0 fully saturated rings. The number of hydrogen-bond acceptors (Lipinski definition) is 8. The highest BCUT2D eigenvalue weighted by Crippen LogP contribution is 2.35. The van der Waals surface area contributed by atoms with Gasteiger partial charge in [0.2, 0.25) is 0 Å². The summed E-state index contributed by atoms with van der Waals surface area (Å²) < 4.78 is 13.5. The van der Waals surface area contributed by atoms with E-state index in [1.807, 2.05) is 11.4 Å². The first-order chi connectivity index (χ1) is 16.6.